The Balaban J connectivity index is 2.02. The van der Waals surface area contributed by atoms with Crippen LogP contribution in [-0.4, -0.2) is 20.3 Å². The number of nitrogens with one attached hydrogen (secondary N) is 1. The molecule has 4 heteroatoms. The van der Waals surface area contributed by atoms with Crippen molar-refractivity contribution in [3.05, 3.63) is 22.2 Å². The first kappa shape index (κ1) is 16.6. The highest BCUT2D eigenvalue weighted by Crippen LogP contribution is 2.36. The van der Waals surface area contributed by atoms with E-state index in [0.717, 1.165) is 34.4 Å². The molecule has 0 aliphatic heterocycles. The van der Waals surface area contributed by atoms with Crippen LogP contribution in [0.5, 0.6) is 11.5 Å². The van der Waals surface area contributed by atoms with Crippen molar-refractivity contribution in [3.63, 3.8) is 0 Å². The fourth-order valence-corrected chi connectivity index (χ4v) is 3.94. The van der Waals surface area contributed by atoms with Crippen molar-refractivity contribution in [1.29, 1.82) is 0 Å². The number of methoxy groups -OCH3 is 2. The van der Waals surface area contributed by atoms with Crippen LogP contribution in [0.25, 0.3) is 0 Å². The molecule has 1 fully saturated rings. The van der Waals surface area contributed by atoms with E-state index in [1.54, 1.807) is 14.2 Å². The third kappa shape index (κ3) is 4.13. The summed E-state index contributed by atoms with van der Waals surface area (Å²) in [6.07, 6.45) is 3.93. The SMILES string of the molecule is COc1cc(CNC2CCC(C)CC2C)cc(Br)c1OC. The zero-order valence-electron chi connectivity index (χ0n) is 13.4. The van der Waals surface area contributed by atoms with E-state index in [-0.39, 0.29) is 0 Å². The van der Waals surface area contributed by atoms with Gasteiger partial charge in [-0.05, 0) is 64.7 Å². The molecule has 2 rings (SSSR count). The average molecular weight is 356 g/mol. The largest absolute Gasteiger partial charge is 0.493 e. The second-order valence-corrected chi connectivity index (χ2v) is 7.05. The van der Waals surface area contributed by atoms with E-state index in [0.29, 0.717) is 6.04 Å². The molecule has 3 atom stereocenters. The Hall–Kier alpha value is -0.740. The molecule has 1 saturated carbocycles. The van der Waals surface area contributed by atoms with Crippen LogP contribution in [0.4, 0.5) is 0 Å². The van der Waals surface area contributed by atoms with Crippen molar-refractivity contribution < 1.29 is 9.47 Å². The Kier molecular flexibility index (Phi) is 5.94. The zero-order valence-corrected chi connectivity index (χ0v) is 15.0. The number of hydrogen-bond donors (Lipinski definition) is 1. The molecule has 3 nitrogen and oxygen atoms in total. The molecule has 1 aromatic rings. The maximum absolute atomic E-state index is 5.40. The van der Waals surface area contributed by atoms with Crippen LogP contribution in [0.15, 0.2) is 16.6 Å². The van der Waals surface area contributed by atoms with E-state index in [4.69, 9.17) is 9.47 Å². The van der Waals surface area contributed by atoms with Gasteiger partial charge < -0.3 is 14.8 Å². The van der Waals surface area contributed by atoms with Crippen molar-refractivity contribution >= 4 is 15.9 Å². The summed E-state index contributed by atoms with van der Waals surface area (Å²) in [6.45, 7) is 5.58. The molecule has 21 heavy (non-hydrogen) atoms. The van der Waals surface area contributed by atoms with E-state index >= 15 is 0 Å². The summed E-state index contributed by atoms with van der Waals surface area (Å²) in [5.41, 5.74) is 1.21. The summed E-state index contributed by atoms with van der Waals surface area (Å²) in [4.78, 5) is 0. The first-order valence-electron chi connectivity index (χ1n) is 7.69. The van der Waals surface area contributed by atoms with Gasteiger partial charge in [0, 0.05) is 12.6 Å². The minimum Gasteiger partial charge on any atom is -0.493 e. The quantitative estimate of drug-likeness (QED) is 0.849. The van der Waals surface area contributed by atoms with Gasteiger partial charge in [-0.25, -0.2) is 0 Å². The van der Waals surface area contributed by atoms with Gasteiger partial charge in [-0.15, -0.1) is 0 Å². The van der Waals surface area contributed by atoms with Crippen LogP contribution < -0.4 is 14.8 Å². The van der Waals surface area contributed by atoms with Crippen LogP contribution in [0, 0.1) is 11.8 Å². The van der Waals surface area contributed by atoms with Crippen LogP contribution in [-0.2, 0) is 6.54 Å². The molecule has 0 saturated heterocycles. The lowest BCUT2D eigenvalue weighted by Gasteiger charge is -2.33. The predicted molar refractivity (Wildman–Crippen MR) is 90.1 cm³/mol. The molecule has 0 amide bonds. The van der Waals surface area contributed by atoms with Crippen LogP contribution in [0.1, 0.15) is 38.7 Å². The molecule has 1 aliphatic carbocycles. The number of hydrogen-bond acceptors (Lipinski definition) is 3. The van der Waals surface area contributed by atoms with Gasteiger partial charge in [0.25, 0.3) is 0 Å². The smallest absolute Gasteiger partial charge is 0.174 e. The van der Waals surface area contributed by atoms with Crippen molar-refractivity contribution in [2.75, 3.05) is 14.2 Å². The average Bonchev–Trinajstić information content (AvgIpc) is 2.45. The summed E-state index contributed by atoms with van der Waals surface area (Å²) >= 11 is 3.55. The molecule has 3 unspecified atom stereocenters. The number of ether oxygens (including phenoxy) is 2. The summed E-state index contributed by atoms with van der Waals surface area (Å²) in [5.74, 6) is 3.14. The zero-order chi connectivity index (χ0) is 15.4. The topological polar surface area (TPSA) is 30.5 Å². The lowest BCUT2D eigenvalue weighted by molar-refractivity contribution is 0.227. The fourth-order valence-electron chi connectivity index (χ4n) is 3.29. The van der Waals surface area contributed by atoms with Gasteiger partial charge in [0.2, 0.25) is 0 Å². The Morgan fingerprint density at radius 3 is 2.57 bits per heavy atom. The minimum atomic E-state index is 0.619. The van der Waals surface area contributed by atoms with Crippen molar-refractivity contribution in [1.82, 2.24) is 5.32 Å². The predicted octanol–water partition coefficient (Wildman–Crippen LogP) is 4.38. The van der Waals surface area contributed by atoms with Gasteiger partial charge in [0.05, 0.1) is 18.7 Å². The Bertz CT molecular complexity index is 478. The summed E-state index contributed by atoms with van der Waals surface area (Å²) < 4.78 is 11.7. The fraction of sp³-hybridized carbons (Fsp3) is 0.647. The number of rotatable bonds is 5. The van der Waals surface area contributed by atoms with Crippen molar-refractivity contribution in [2.24, 2.45) is 11.8 Å². The Morgan fingerprint density at radius 1 is 1.19 bits per heavy atom. The molecule has 0 bridgehead atoms. The van der Waals surface area contributed by atoms with Gasteiger partial charge in [0.1, 0.15) is 0 Å². The maximum atomic E-state index is 5.40. The molecule has 118 valence electrons. The highest BCUT2D eigenvalue weighted by atomic mass is 79.9. The van der Waals surface area contributed by atoms with Crippen molar-refractivity contribution in [2.45, 2.75) is 45.7 Å². The van der Waals surface area contributed by atoms with Gasteiger partial charge >= 0.3 is 0 Å². The van der Waals surface area contributed by atoms with Crippen LogP contribution in [0.3, 0.4) is 0 Å². The molecule has 0 aromatic heterocycles. The normalized spacial score (nSPS) is 25.7. The Labute approximate surface area is 136 Å². The first-order valence-corrected chi connectivity index (χ1v) is 8.48. The van der Waals surface area contributed by atoms with E-state index in [9.17, 15) is 0 Å². The van der Waals surface area contributed by atoms with Gasteiger partial charge in [-0.3, -0.25) is 0 Å². The molecule has 1 aliphatic rings. The summed E-state index contributed by atoms with van der Waals surface area (Å²) in [7, 11) is 3.33. The highest BCUT2D eigenvalue weighted by Gasteiger charge is 2.24. The van der Waals surface area contributed by atoms with Gasteiger partial charge in [-0.1, -0.05) is 13.8 Å². The molecule has 0 heterocycles. The van der Waals surface area contributed by atoms with Crippen molar-refractivity contribution in [3.8, 4) is 11.5 Å². The lowest BCUT2D eigenvalue weighted by atomic mass is 9.80. The monoisotopic (exact) mass is 355 g/mol. The molecule has 0 radical (unpaired) electrons. The maximum Gasteiger partial charge on any atom is 0.174 e. The summed E-state index contributed by atoms with van der Waals surface area (Å²) in [5, 5.41) is 3.71. The van der Waals surface area contributed by atoms with Gasteiger partial charge in [0.15, 0.2) is 11.5 Å². The second kappa shape index (κ2) is 7.50. The molecular formula is C17H26BrNO2. The Morgan fingerprint density at radius 2 is 1.95 bits per heavy atom. The highest BCUT2D eigenvalue weighted by molar-refractivity contribution is 9.10. The molecule has 1 aromatic carbocycles. The molecule has 1 N–H and O–H groups in total. The van der Waals surface area contributed by atoms with Crippen LogP contribution in [0.2, 0.25) is 0 Å². The minimum absolute atomic E-state index is 0.619. The van der Waals surface area contributed by atoms with Gasteiger partial charge in [-0.2, -0.15) is 0 Å². The van der Waals surface area contributed by atoms with Crippen LogP contribution >= 0.6 is 15.9 Å². The lowest BCUT2D eigenvalue weighted by Crippen LogP contribution is -2.38. The summed E-state index contributed by atoms with van der Waals surface area (Å²) in [6, 6.07) is 4.77. The van der Waals surface area contributed by atoms with E-state index in [1.807, 2.05) is 6.07 Å². The molecule has 0 spiro atoms. The third-order valence-corrected chi connectivity index (χ3v) is 5.08. The van der Waals surface area contributed by atoms with E-state index in [2.05, 4.69) is 41.2 Å². The third-order valence-electron chi connectivity index (χ3n) is 4.49. The number of benzene rings is 1. The van der Waals surface area contributed by atoms with E-state index < -0.39 is 0 Å². The number of halogens is 1. The van der Waals surface area contributed by atoms with E-state index in [1.165, 1.54) is 24.8 Å². The second-order valence-electron chi connectivity index (χ2n) is 6.20. The first-order chi connectivity index (χ1) is 10.0. The molecular weight excluding hydrogens is 330 g/mol. The standard InChI is InChI=1S/C17H26BrNO2/c1-11-5-6-15(12(2)7-11)19-10-13-8-14(18)17(21-4)16(9-13)20-3/h8-9,11-12,15,19H,5-7,10H2,1-4H3.